The Balaban J connectivity index is 2.69. The van der Waals surface area contributed by atoms with Crippen LogP contribution < -0.4 is 5.01 Å². The van der Waals surface area contributed by atoms with Crippen molar-refractivity contribution in [3.8, 4) is 11.1 Å². The molecule has 0 aliphatic carbocycles. The van der Waals surface area contributed by atoms with Crippen LogP contribution >= 0.6 is 23.2 Å². The molecule has 0 bridgehead atoms. The van der Waals surface area contributed by atoms with E-state index >= 15 is 0 Å². The smallest absolute Gasteiger partial charge is 0.227 e. The van der Waals surface area contributed by atoms with Gasteiger partial charge in [0.2, 0.25) is 5.17 Å². The molecule has 22 heavy (non-hydrogen) atoms. The van der Waals surface area contributed by atoms with Crippen molar-refractivity contribution in [3.63, 3.8) is 0 Å². The lowest BCUT2D eigenvalue weighted by Crippen LogP contribution is -2.41. The summed E-state index contributed by atoms with van der Waals surface area (Å²) in [7, 11) is 4.45. The minimum absolute atomic E-state index is 0.0520. The van der Waals surface area contributed by atoms with Gasteiger partial charge in [-0.3, -0.25) is 0 Å². The van der Waals surface area contributed by atoms with Gasteiger partial charge in [-0.1, -0.05) is 30.3 Å². The molecule has 2 rings (SSSR count). The molecule has 0 atom stereocenters. The van der Waals surface area contributed by atoms with Gasteiger partial charge in [0, 0.05) is 24.0 Å². The fourth-order valence-corrected chi connectivity index (χ4v) is 2.76. The van der Waals surface area contributed by atoms with Gasteiger partial charge in [-0.05, 0) is 46.9 Å². The van der Waals surface area contributed by atoms with Gasteiger partial charge in [0.15, 0.2) is 0 Å². The van der Waals surface area contributed by atoms with Gasteiger partial charge in [0.1, 0.15) is 5.82 Å². The predicted molar refractivity (Wildman–Crippen MR) is 95.8 cm³/mol. The van der Waals surface area contributed by atoms with E-state index in [9.17, 15) is 9.50 Å². The summed E-state index contributed by atoms with van der Waals surface area (Å²) in [6.07, 6.45) is 0. The Labute approximate surface area is 137 Å². The van der Waals surface area contributed by atoms with E-state index in [0.717, 1.165) is 16.5 Å². The fraction of sp³-hybridized carbons (Fsp3) is 0.125. The van der Waals surface area contributed by atoms with Gasteiger partial charge in [0.05, 0.1) is 5.69 Å². The van der Waals surface area contributed by atoms with Gasteiger partial charge in [-0.15, -0.1) is 0 Å². The van der Waals surface area contributed by atoms with Gasteiger partial charge < -0.3 is 5.11 Å². The number of hydrazine groups is 1. The maximum atomic E-state index is 13.7. The van der Waals surface area contributed by atoms with Crippen molar-refractivity contribution in [2.24, 2.45) is 0 Å². The van der Waals surface area contributed by atoms with Gasteiger partial charge in [-0.2, -0.15) is 0 Å². The molecule has 6 heteroatoms. The summed E-state index contributed by atoms with van der Waals surface area (Å²) < 4.78 is 16.1. The van der Waals surface area contributed by atoms with Crippen molar-refractivity contribution < 1.29 is 9.50 Å². The van der Waals surface area contributed by atoms with E-state index in [1.54, 1.807) is 30.2 Å². The second-order valence-electron chi connectivity index (χ2n) is 4.65. The molecule has 114 valence electrons. The highest BCUT2D eigenvalue weighted by Gasteiger charge is 2.18. The van der Waals surface area contributed by atoms with E-state index in [0.29, 0.717) is 11.3 Å². The highest BCUT2D eigenvalue weighted by atomic mass is 32.1. The normalized spacial score (nSPS) is 10.2. The van der Waals surface area contributed by atoms with Crippen molar-refractivity contribution >= 4 is 38.3 Å². The molecule has 0 spiro atoms. The Hall–Kier alpha value is -1.82. The van der Waals surface area contributed by atoms with Crippen LogP contribution in [0.5, 0.6) is 0 Å². The summed E-state index contributed by atoms with van der Waals surface area (Å²) in [5, 5.41) is 13.4. The van der Waals surface area contributed by atoms with Crippen LogP contribution in [0, 0.1) is 5.82 Å². The molecule has 2 aromatic carbocycles. The molecule has 0 saturated carbocycles. The average molecular weight is 334 g/mol. The molecule has 0 unspecified atom stereocenters. The molecule has 0 aliphatic heterocycles. The number of hydrogen-bond donors (Lipinski definition) is 1. The molecule has 0 aromatic heterocycles. The van der Waals surface area contributed by atoms with E-state index in [1.807, 2.05) is 30.3 Å². The first-order chi connectivity index (χ1) is 10.5. The lowest BCUT2D eigenvalue weighted by atomic mass is 10.0. The zero-order chi connectivity index (χ0) is 16.1. The number of benzene rings is 2. The number of halogens is 1. The summed E-state index contributed by atoms with van der Waals surface area (Å²) in [4.78, 5) is 0. The minimum Gasteiger partial charge on any atom is -0.337 e. The molecule has 0 amide bonds. The third kappa shape index (κ3) is 3.68. The highest BCUT2D eigenvalue weighted by Crippen LogP contribution is 2.32. The number of rotatable bonds is 3. The van der Waals surface area contributed by atoms with Gasteiger partial charge in [0.25, 0.3) is 0 Å². The maximum Gasteiger partial charge on any atom is 0.227 e. The first kappa shape index (κ1) is 16.5. The van der Waals surface area contributed by atoms with Crippen LogP contribution in [0.4, 0.5) is 10.1 Å². The quantitative estimate of drug-likeness (QED) is 0.678. The van der Waals surface area contributed by atoms with Crippen LogP contribution in [0.2, 0.25) is 0 Å². The van der Waals surface area contributed by atoms with Crippen molar-refractivity contribution in [1.82, 2.24) is 5.01 Å². The Morgan fingerprint density at radius 2 is 1.86 bits per heavy atom. The second-order valence-corrected chi connectivity index (χ2v) is 5.89. The van der Waals surface area contributed by atoms with E-state index in [1.165, 1.54) is 12.1 Å². The zero-order valence-corrected chi connectivity index (χ0v) is 13.8. The van der Waals surface area contributed by atoms with Crippen molar-refractivity contribution in [2.45, 2.75) is 0 Å². The van der Waals surface area contributed by atoms with Crippen molar-refractivity contribution in [3.05, 3.63) is 54.3 Å². The monoisotopic (exact) mass is 334 g/mol. The zero-order valence-electron chi connectivity index (χ0n) is 12.2. The molecule has 3 nitrogen and oxygen atoms in total. The molecule has 0 heterocycles. The van der Waals surface area contributed by atoms with Gasteiger partial charge in [-0.25, -0.2) is 14.4 Å². The molecule has 0 radical (unpaired) electrons. The Kier molecular flexibility index (Phi) is 5.60. The summed E-state index contributed by atoms with van der Waals surface area (Å²) in [6, 6.07) is 13.9. The van der Waals surface area contributed by atoms with E-state index in [-0.39, 0.29) is 11.0 Å². The molecule has 0 fully saturated rings. The molecular formula is C16H15FN2OS2. The number of aliphatic hydroxyl groups is 1. The Morgan fingerprint density at radius 1 is 1.18 bits per heavy atom. The van der Waals surface area contributed by atoms with E-state index in [2.05, 4.69) is 16.5 Å². The molecule has 0 saturated heterocycles. The van der Waals surface area contributed by atoms with Crippen LogP contribution in [0.25, 0.3) is 11.1 Å². The van der Waals surface area contributed by atoms with Crippen molar-refractivity contribution in [2.75, 3.05) is 19.1 Å². The summed E-state index contributed by atoms with van der Waals surface area (Å²) in [5.41, 5.74) is 2.17. The third-order valence-electron chi connectivity index (χ3n) is 2.99. The summed E-state index contributed by atoms with van der Waals surface area (Å²) >= 11 is 4.66. The average Bonchev–Trinajstić information content (AvgIpc) is 2.50. The van der Waals surface area contributed by atoms with E-state index in [4.69, 9.17) is 0 Å². The number of nitrogens with zero attached hydrogens (tertiary/aromatic N) is 2. The maximum absolute atomic E-state index is 13.7. The molecular weight excluding hydrogens is 319 g/mol. The summed E-state index contributed by atoms with van der Waals surface area (Å²) in [6.45, 7) is 0. The lowest BCUT2D eigenvalue weighted by Gasteiger charge is -2.30. The Morgan fingerprint density at radius 3 is 2.45 bits per heavy atom. The molecule has 0 aliphatic rings. The fourth-order valence-electron chi connectivity index (χ4n) is 2.11. The number of anilines is 1. The van der Waals surface area contributed by atoms with Crippen LogP contribution in [0.15, 0.2) is 48.5 Å². The van der Waals surface area contributed by atoms with Crippen LogP contribution in [-0.2, 0) is 0 Å². The lowest BCUT2D eigenvalue weighted by molar-refractivity contribution is 0.393. The topological polar surface area (TPSA) is 26.7 Å². The predicted octanol–water partition coefficient (Wildman–Crippen LogP) is 3.99. The van der Waals surface area contributed by atoms with Crippen LogP contribution in [-0.4, -0.2) is 33.7 Å². The second kappa shape index (κ2) is 7.45. The first-order valence-corrected chi connectivity index (χ1v) is 7.69. The minimum atomic E-state index is -0.338. The standard InChI is InChI=1S/C16H15FN2OS2/c1-18(2)19(16(20)22-11-21)15-9-8-13(17)10-14(15)12-6-4-3-5-7-12/h3-10,20H,1-2H3. The van der Waals surface area contributed by atoms with Crippen LogP contribution in [0.3, 0.4) is 0 Å². The largest absolute Gasteiger partial charge is 0.337 e. The van der Waals surface area contributed by atoms with Gasteiger partial charge >= 0.3 is 0 Å². The third-order valence-corrected chi connectivity index (χ3v) is 3.67. The first-order valence-electron chi connectivity index (χ1n) is 6.47. The SMILES string of the molecule is CN(C)N(C(O)=S=C=S)c1ccc(F)cc1-c1ccccc1. The Bertz CT molecular complexity index is 752. The highest BCUT2D eigenvalue weighted by molar-refractivity contribution is 8.04. The summed E-state index contributed by atoms with van der Waals surface area (Å²) in [5.74, 6) is -0.338. The van der Waals surface area contributed by atoms with Crippen LogP contribution in [0.1, 0.15) is 0 Å². The van der Waals surface area contributed by atoms with Crippen molar-refractivity contribution in [1.29, 1.82) is 0 Å². The molecule has 2 aromatic rings. The number of thiocarbonyl (C=S) groups is 1. The number of aliphatic hydroxyl groups excluding tert-OH is 1. The van der Waals surface area contributed by atoms with E-state index < -0.39 is 0 Å². The number of hydrogen-bond acceptors (Lipinski definition) is 2. The molecule has 1 N–H and O–H groups in total.